The number of carbonyl (C=O) groups is 1. The number of carbonyl (C=O) groups excluding carboxylic acids is 1. The van der Waals surface area contributed by atoms with Gasteiger partial charge in [0.1, 0.15) is 5.69 Å². The third-order valence-corrected chi connectivity index (χ3v) is 3.21. The molecule has 0 saturated heterocycles. The summed E-state index contributed by atoms with van der Waals surface area (Å²) in [5, 5.41) is 3.00. The van der Waals surface area contributed by atoms with E-state index in [0.29, 0.717) is 11.4 Å². The van der Waals surface area contributed by atoms with Crippen LogP contribution < -0.4 is 11.1 Å². The molecular formula is C16H20ClN3O. The van der Waals surface area contributed by atoms with Gasteiger partial charge in [-0.15, -0.1) is 12.4 Å². The molecule has 0 radical (unpaired) electrons. The molecule has 2 aromatic rings. The molecule has 1 amide bonds. The second-order valence-electron chi connectivity index (χ2n) is 4.82. The Hall–Kier alpha value is -2.07. The SMILES string of the molecule is CCC(NC(=O)c1ccc(N)cn1)c1ccc(C)cc1.Cl. The molecule has 0 aliphatic carbocycles. The van der Waals surface area contributed by atoms with Crippen molar-refractivity contribution in [3.63, 3.8) is 0 Å². The predicted molar refractivity (Wildman–Crippen MR) is 87.6 cm³/mol. The molecule has 0 bridgehead atoms. The lowest BCUT2D eigenvalue weighted by Crippen LogP contribution is -2.28. The molecule has 1 heterocycles. The van der Waals surface area contributed by atoms with Crippen molar-refractivity contribution in [3.8, 4) is 0 Å². The average Bonchev–Trinajstić information content (AvgIpc) is 2.46. The Labute approximate surface area is 131 Å². The van der Waals surface area contributed by atoms with Gasteiger partial charge in [0, 0.05) is 0 Å². The molecule has 1 atom stereocenters. The summed E-state index contributed by atoms with van der Waals surface area (Å²) in [6, 6.07) is 11.5. The van der Waals surface area contributed by atoms with E-state index in [1.165, 1.54) is 11.8 Å². The van der Waals surface area contributed by atoms with Crippen LogP contribution >= 0.6 is 12.4 Å². The van der Waals surface area contributed by atoms with Crippen molar-refractivity contribution in [2.24, 2.45) is 0 Å². The van der Waals surface area contributed by atoms with Crippen LogP contribution in [-0.4, -0.2) is 10.9 Å². The standard InChI is InChI=1S/C16H19N3O.ClH/c1-3-14(12-6-4-11(2)5-7-12)19-16(20)15-9-8-13(17)10-18-15;/h4-10,14H,3,17H2,1-2H3,(H,19,20);1H. The maximum absolute atomic E-state index is 12.2. The minimum absolute atomic E-state index is 0. The number of hydrogen-bond acceptors (Lipinski definition) is 3. The second kappa shape index (κ2) is 7.64. The van der Waals surface area contributed by atoms with Crippen LogP contribution in [0.3, 0.4) is 0 Å². The summed E-state index contributed by atoms with van der Waals surface area (Å²) in [4.78, 5) is 16.2. The van der Waals surface area contributed by atoms with E-state index in [9.17, 15) is 4.79 Å². The summed E-state index contributed by atoms with van der Waals surface area (Å²) in [6.45, 7) is 4.09. The molecule has 1 unspecified atom stereocenters. The quantitative estimate of drug-likeness (QED) is 0.911. The van der Waals surface area contributed by atoms with E-state index in [-0.39, 0.29) is 24.4 Å². The van der Waals surface area contributed by atoms with Crippen LogP contribution in [0.4, 0.5) is 5.69 Å². The summed E-state index contributed by atoms with van der Waals surface area (Å²) in [5.41, 5.74) is 8.80. The number of aromatic nitrogens is 1. The van der Waals surface area contributed by atoms with Crippen molar-refractivity contribution < 1.29 is 4.79 Å². The summed E-state index contributed by atoms with van der Waals surface area (Å²) in [5.74, 6) is -0.183. The third-order valence-electron chi connectivity index (χ3n) is 3.21. The van der Waals surface area contributed by atoms with E-state index in [2.05, 4.69) is 10.3 Å². The van der Waals surface area contributed by atoms with Gasteiger partial charge in [-0.1, -0.05) is 36.8 Å². The fourth-order valence-electron chi connectivity index (χ4n) is 1.99. The monoisotopic (exact) mass is 305 g/mol. The molecule has 0 aliphatic rings. The molecule has 0 fully saturated rings. The van der Waals surface area contributed by atoms with Gasteiger partial charge < -0.3 is 11.1 Å². The van der Waals surface area contributed by atoms with Gasteiger partial charge in [-0.3, -0.25) is 4.79 Å². The topological polar surface area (TPSA) is 68.0 Å². The highest BCUT2D eigenvalue weighted by Crippen LogP contribution is 2.17. The molecular weight excluding hydrogens is 286 g/mol. The number of nitrogens with one attached hydrogen (secondary N) is 1. The van der Waals surface area contributed by atoms with Crippen LogP contribution in [0.1, 0.15) is 41.0 Å². The zero-order valence-corrected chi connectivity index (χ0v) is 13.0. The first-order valence-corrected chi connectivity index (χ1v) is 6.69. The van der Waals surface area contributed by atoms with Crippen LogP contribution in [-0.2, 0) is 0 Å². The number of aryl methyl sites for hydroxylation is 1. The van der Waals surface area contributed by atoms with Crippen LogP contribution in [0.5, 0.6) is 0 Å². The molecule has 21 heavy (non-hydrogen) atoms. The number of hydrogen-bond donors (Lipinski definition) is 2. The number of nitrogen functional groups attached to an aromatic ring is 1. The van der Waals surface area contributed by atoms with Crippen molar-refractivity contribution >= 4 is 24.0 Å². The number of rotatable bonds is 4. The third kappa shape index (κ3) is 4.46. The fourth-order valence-corrected chi connectivity index (χ4v) is 1.99. The zero-order chi connectivity index (χ0) is 14.5. The van der Waals surface area contributed by atoms with Crippen molar-refractivity contribution in [1.29, 1.82) is 0 Å². The number of amides is 1. The lowest BCUT2D eigenvalue weighted by atomic mass is 10.0. The second-order valence-corrected chi connectivity index (χ2v) is 4.82. The lowest BCUT2D eigenvalue weighted by molar-refractivity contribution is 0.0930. The Bertz CT molecular complexity index is 581. The summed E-state index contributed by atoms with van der Waals surface area (Å²) in [7, 11) is 0. The number of pyridine rings is 1. The Morgan fingerprint density at radius 3 is 2.43 bits per heavy atom. The Morgan fingerprint density at radius 2 is 1.90 bits per heavy atom. The van der Waals surface area contributed by atoms with Gasteiger partial charge in [0.2, 0.25) is 0 Å². The van der Waals surface area contributed by atoms with Gasteiger partial charge in [0.15, 0.2) is 0 Å². The minimum Gasteiger partial charge on any atom is -0.397 e. The number of benzene rings is 1. The van der Waals surface area contributed by atoms with Gasteiger partial charge in [0.05, 0.1) is 17.9 Å². The van der Waals surface area contributed by atoms with E-state index < -0.39 is 0 Å². The largest absolute Gasteiger partial charge is 0.397 e. The molecule has 2 rings (SSSR count). The average molecular weight is 306 g/mol. The first-order chi connectivity index (χ1) is 9.60. The van der Waals surface area contributed by atoms with Crippen molar-refractivity contribution in [2.75, 3.05) is 5.73 Å². The van der Waals surface area contributed by atoms with E-state index in [1.807, 2.05) is 38.1 Å². The van der Waals surface area contributed by atoms with Crippen LogP contribution in [0.2, 0.25) is 0 Å². The van der Waals surface area contributed by atoms with E-state index in [0.717, 1.165) is 12.0 Å². The number of halogens is 1. The zero-order valence-electron chi connectivity index (χ0n) is 12.2. The number of nitrogens with two attached hydrogens (primary N) is 1. The highest BCUT2D eigenvalue weighted by molar-refractivity contribution is 5.92. The maximum atomic E-state index is 12.2. The van der Waals surface area contributed by atoms with E-state index in [1.54, 1.807) is 12.1 Å². The van der Waals surface area contributed by atoms with Gasteiger partial charge >= 0.3 is 0 Å². The summed E-state index contributed by atoms with van der Waals surface area (Å²) < 4.78 is 0. The number of anilines is 1. The fraction of sp³-hybridized carbons (Fsp3) is 0.250. The van der Waals surface area contributed by atoms with Gasteiger partial charge in [-0.2, -0.15) is 0 Å². The number of nitrogens with zero attached hydrogens (tertiary/aromatic N) is 1. The minimum atomic E-state index is -0.183. The van der Waals surface area contributed by atoms with Crippen LogP contribution in [0.15, 0.2) is 42.6 Å². The molecule has 0 spiro atoms. The van der Waals surface area contributed by atoms with Gasteiger partial charge in [0.25, 0.3) is 5.91 Å². The van der Waals surface area contributed by atoms with Crippen LogP contribution in [0, 0.1) is 6.92 Å². The first kappa shape index (κ1) is 17.0. The smallest absolute Gasteiger partial charge is 0.270 e. The Kier molecular flexibility index (Phi) is 6.18. The molecule has 0 aliphatic heterocycles. The summed E-state index contributed by atoms with van der Waals surface area (Å²) in [6.07, 6.45) is 2.31. The highest BCUT2D eigenvalue weighted by Gasteiger charge is 2.14. The van der Waals surface area contributed by atoms with E-state index >= 15 is 0 Å². The molecule has 3 N–H and O–H groups in total. The Balaban J connectivity index is 0.00000220. The Morgan fingerprint density at radius 1 is 1.24 bits per heavy atom. The molecule has 4 nitrogen and oxygen atoms in total. The predicted octanol–water partition coefficient (Wildman–Crippen LogP) is 3.28. The first-order valence-electron chi connectivity index (χ1n) is 6.69. The molecule has 1 aromatic carbocycles. The van der Waals surface area contributed by atoms with Gasteiger partial charge in [-0.05, 0) is 31.0 Å². The van der Waals surface area contributed by atoms with Crippen LogP contribution in [0.25, 0.3) is 0 Å². The molecule has 112 valence electrons. The van der Waals surface area contributed by atoms with E-state index in [4.69, 9.17) is 5.73 Å². The normalized spacial score (nSPS) is 11.3. The lowest BCUT2D eigenvalue weighted by Gasteiger charge is -2.17. The molecule has 1 aromatic heterocycles. The highest BCUT2D eigenvalue weighted by atomic mass is 35.5. The molecule has 0 saturated carbocycles. The molecule has 5 heteroatoms. The van der Waals surface area contributed by atoms with Gasteiger partial charge in [-0.25, -0.2) is 4.98 Å². The van der Waals surface area contributed by atoms with Crippen molar-refractivity contribution in [2.45, 2.75) is 26.3 Å². The summed E-state index contributed by atoms with van der Waals surface area (Å²) >= 11 is 0. The van der Waals surface area contributed by atoms with Crippen molar-refractivity contribution in [1.82, 2.24) is 10.3 Å². The maximum Gasteiger partial charge on any atom is 0.270 e. The van der Waals surface area contributed by atoms with Crippen molar-refractivity contribution in [3.05, 3.63) is 59.4 Å².